The summed E-state index contributed by atoms with van der Waals surface area (Å²) in [5.74, 6) is -0.0623. The summed E-state index contributed by atoms with van der Waals surface area (Å²) in [6.07, 6.45) is 100. The second kappa shape index (κ2) is 75.0. The van der Waals surface area contributed by atoms with Gasteiger partial charge in [-0.1, -0.05) is 364 Å². The standard InChI is InChI=1S/C80H149NO5/c1-3-5-7-9-11-13-15-17-19-21-22-38-41-44-48-52-56-60-64-68-72-78(83)77(76-82)81-79(84)73-69-65-61-57-53-49-45-42-39-36-34-32-30-28-26-24-23-25-27-29-31-33-35-37-40-43-47-51-55-59-63-67-71-75-86-80(85)74-70-66-62-58-54-50-46-20-18-16-14-12-10-8-6-4-2/h14,16,20,27,29,33,35,46,68,72,77-78,82-83H,3-13,15,17-19,21-26,28,30-32,34,36-45,47-67,69-71,73-76H2,1-2H3,(H,81,84)/b16-14-,29-27-,35-33-,46-20-,72-68+. The van der Waals surface area contributed by atoms with Crippen molar-refractivity contribution >= 4 is 11.9 Å². The molecule has 86 heavy (non-hydrogen) atoms. The highest BCUT2D eigenvalue weighted by Gasteiger charge is 2.18. The van der Waals surface area contributed by atoms with Gasteiger partial charge < -0.3 is 20.3 Å². The van der Waals surface area contributed by atoms with E-state index >= 15 is 0 Å². The molecule has 0 aromatic carbocycles. The van der Waals surface area contributed by atoms with Crippen LogP contribution in [-0.4, -0.2) is 47.4 Å². The van der Waals surface area contributed by atoms with Gasteiger partial charge in [-0.15, -0.1) is 0 Å². The topological polar surface area (TPSA) is 95.9 Å². The number of amides is 1. The number of aliphatic hydroxyl groups is 2. The van der Waals surface area contributed by atoms with Gasteiger partial charge in [-0.2, -0.15) is 0 Å². The average molecular weight is 1210 g/mol. The minimum atomic E-state index is -0.845. The van der Waals surface area contributed by atoms with Crippen molar-refractivity contribution in [2.24, 2.45) is 0 Å². The minimum Gasteiger partial charge on any atom is -0.466 e. The maximum absolute atomic E-state index is 12.5. The largest absolute Gasteiger partial charge is 0.466 e. The van der Waals surface area contributed by atoms with Gasteiger partial charge in [0.05, 0.1) is 25.4 Å². The quantitative estimate of drug-likeness (QED) is 0.0320. The Morgan fingerprint density at radius 2 is 0.581 bits per heavy atom. The Labute approximate surface area is 537 Å². The van der Waals surface area contributed by atoms with Crippen molar-refractivity contribution in [3.63, 3.8) is 0 Å². The normalized spacial score (nSPS) is 12.8. The number of esters is 1. The van der Waals surface area contributed by atoms with E-state index in [4.69, 9.17) is 4.74 Å². The van der Waals surface area contributed by atoms with Crippen molar-refractivity contribution in [3.8, 4) is 0 Å². The molecule has 0 aliphatic rings. The summed E-state index contributed by atoms with van der Waals surface area (Å²) in [5.41, 5.74) is 0. The first-order valence-corrected chi connectivity index (χ1v) is 38.6. The van der Waals surface area contributed by atoms with Crippen LogP contribution in [0.25, 0.3) is 0 Å². The zero-order chi connectivity index (χ0) is 62.0. The van der Waals surface area contributed by atoms with Crippen LogP contribution >= 0.6 is 0 Å². The lowest BCUT2D eigenvalue weighted by atomic mass is 10.0. The molecule has 0 bridgehead atoms. The van der Waals surface area contributed by atoms with Gasteiger partial charge >= 0.3 is 5.97 Å². The van der Waals surface area contributed by atoms with E-state index in [9.17, 15) is 19.8 Å². The predicted molar refractivity (Wildman–Crippen MR) is 379 cm³/mol. The fourth-order valence-electron chi connectivity index (χ4n) is 11.9. The zero-order valence-corrected chi connectivity index (χ0v) is 57.8. The lowest BCUT2D eigenvalue weighted by Crippen LogP contribution is -2.45. The van der Waals surface area contributed by atoms with Crippen LogP contribution in [-0.2, 0) is 14.3 Å². The number of hydrogen-bond donors (Lipinski definition) is 3. The summed E-state index contributed by atoms with van der Waals surface area (Å²) in [5, 5.41) is 23.3. The maximum atomic E-state index is 12.5. The molecule has 0 heterocycles. The van der Waals surface area contributed by atoms with Crippen LogP contribution in [0, 0.1) is 0 Å². The molecule has 2 atom stereocenters. The fraction of sp³-hybridized carbons (Fsp3) is 0.850. The summed E-state index contributed by atoms with van der Waals surface area (Å²) >= 11 is 0. The smallest absolute Gasteiger partial charge is 0.305 e. The third kappa shape index (κ3) is 70.6. The number of carbonyl (C=O) groups is 2. The van der Waals surface area contributed by atoms with E-state index in [0.717, 1.165) is 57.8 Å². The molecule has 0 aliphatic heterocycles. The average Bonchev–Trinajstić information content (AvgIpc) is 3.54. The molecule has 0 saturated carbocycles. The van der Waals surface area contributed by atoms with Crippen molar-refractivity contribution in [1.82, 2.24) is 5.32 Å². The summed E-state index contributed by atoms with van der Waals surface area (Å²) in [6.45, 7) is 4.91. The summed E-state index contributed by atoms with van der Waals surface area (Å²) in [7, 11) is 0. The Hall–Kier alpha value is -2.44. The molecule has 0 aliphatic carbocycles. The fourth-order valence-corrected chi connectivity index (χ4v) is 11.9. The van der Waals surface area contributed by atoms with Crippen molar-refractivity contribution < 1.29 is 24.5 Å². The number of carbonyl (C=O) groups excluding carboxylic acids is 2. The third-order valence-corrected chi connectivity index (χ3v) is 17.8. The van der Waals surface area contributed by atoms with Crippen LogP contribution in [0.5, 0.6) is 0 Å². The molecule has 6 heteroatoms. The van der Waals surface area contributed by atoms with Crippen molar-refractivity contribution in [2.45, 2.75) is 424 Å². The molecule has 0 spiro atoms. The van der Waals surface area contributed by atoms with Crippen molar-refractivity contribution in [3.05, 3.63) is 60.8 Å². The summed E-state index contributed by atoms with van der Waals surface area (Å²) in [6, 6.07) is -0.628. The molecular weight excluding hydrogens is 1050 g/mol. The molecule has 0 aromatic rings. The molecule has 0 aromatic heterocycles. The highest BCUT2D eigenvalue weighted by Crippen LogP contribution is 2.19. The first kappa shape index (κ1) is 83.6. The second-order valence-electron chi connectivity index (χ2n) is 26.3. The second-order valence-corrected chi connectivity index (χ2v) is 26.3. The molecule has 504 valence electrons. The number of ether oxygens (including phenoxy) is 1. The van der Waals surface area contributed by atoms with E-state index in [2.05, 4.69) is 67.8 Å². The van der Waals surface area contributed by atoms with E-state index in [1.807, 2.05) is 6.08 Å². The van der Waals surface area contributed by atoms with E-state index in [-0.39, 0.29) is 18.5 Å². The molecule has 0 radical (unpaired) electrons. The lowest BCUT2D eigenvalue weighted by Gasteiger charge is -2.20. The van der Waals surface area contributed by atoms with E-state index in [1.54, 1.807) is 6.08 Å². The number of hydrogen-bond acceptors (Lipinski definition) is 5. The van der Waals surface area contributed by atoms with Crippen LogP contribution in [0.3, 0.4) is 0 Å². The summed E-state index contributed by atoms with van der Waals surface area (Å²) < 4.78 is 5.49. The van der Waals surface area contributed by atoms with Crippen LogP contribution in [0.1, 0.15) is 412 Å². The van der Waals surface area contributed by atoms with Gasteiger partial charge in [-0.25, -0.2) is 0 Å². The van der Waals surface area contributed by atoms with Gasteiger partial charge in [0.15, 0.2) is 0 Å². The Kier molecular flexibility index (Phi) is 72.9. The number of allylic oxidation sites excluding steroid dienone is 9. The monoisotopic (exact) mass is 1200 g/mol. The van der Waals surface area contributed by atoms with Gasteiger partial charge in [-0.05, 0) is 96.3 Å². The molecule has 6 nitrogen and oxygen atoms in total. The first-order valence-electron chi connectivity index (χ1n) is 38.6. The zero-order valence-electron chi connectivity index (χ0n) is 57.8. The third-order valence-electron chi connectivity index (χ3n) is 17.8. The van der Waals surface area contributed by atoms with Gasteiger partial charge in [0.25, 0.3) is 0 Å². The molecular formula is C80H149NO5. The first-order chi connectivity index (χ1) is 42.5. The minimum absolute atomic E-state index is 0.000537. The van der Waals surface area contributed by atoms with Crippen LogP contribution in [0.2, 0.25) is 0 Å². The van der Waals surface area contributed by atoms with Crippen molar-refractivity contribution in [1.29, 1.82) is 0 Å². The van der Waals surface area contributed by atoms with Gasteiger partial charge in [0.1, 0.15) is 0 Å². The highest BCUT2D eigenvalue weighted by molar-refractivity contribution is 5.76. The Balaban J connectivity index is 3.41. The molecule has 0 rings (SSSR count). The van der Waals surface area contributed by atoms with E-state index in [0.29, 0.717) is 19.4 Å². The lowest BCUT2D eigenvalue weighted by molar-refractivity contribution is -0.143. The molecule has 0 fully saturated rings. The molecule has 0 saturated heterocycles. The number of nitrogens with one attached hydrogen (secondary N) is 1. The number of aliphatic hydroxyl groups excluding tert-OH is 2. The Morgan fingerprint density at radius 3 is 0.895 bits per heavy atom. The molecule has 2 unspecified atom stereocenters. The van der Waals surface area contributed by atoms with E-state index in [1.165, 1.54) is 327 Å². The molecule has 3 N–H and O–H groups in total. The maximum Gasteiger partial charge on any atom is 0.305 e. The summed E-state index contributed by atoms with van der Waals surface area (Å²) in [4.78, 5) is 24.6. The predicted octanol–water partition coefficient (Wildman–Crippen LogP) is 25.4. The van der Waals surface area contributed by atoms with E-state index < -0.39 is 12.1 Å². The van der Waals surface area contributed by atoms with Crippen LogP contribution < -0.4 is 5.32 Å². The molecule has 1 amide bonds. The SMILES string of the molecule is CCCCCC/C=C\C/C=C\CCCCCCCC(=O)OCCCCCCCCCCC/C=C\C/C=C\CCCCCCCCCCCCCCCCCCCC(=O)NC(CO)C(O)/C=C/CCCCCCCCCCCCCCCCCCCC. The van der Waals surface area contributed by atoms with Crippen molar-refractivity contribution in [2.75, 3.05) is 13.2 Å². The van der Waals surface area contributed by atoms with Gasteiger partial charge in [0, 0.05) is 12.8 Å². The number of rotatable bonds is 72. The van der Waals surface area contributed by atoms with Gasteiger partial charge in [0.2, 0.25) is 5.91 Å². The van der Waals surface area contributed by atoms with Crippen LogP contribution in [0.15, 0.2) is 60.8 Å². The van der Waals surface area contributed by atoms with Crippen LogP contribution in [0.4, 0.5) is 0 Å². The van der Waals surface area contributed by atoms with Gasteiger partial charge in [-0.3, -0.25) is 9.59 Å². The Morgan fingerprint density at radius 1 is 0.326 bits per heavy atom. The number of unbranched alkanes of at least 4 members (excludes halogenated alkanes) is 53. The Bertz CT molecular complexity index is 1480. The highest BCUT2D eigenvalue weighted by atomic mass is 16.5.